The number of rotatable bonds is 0. The number of aryl methyl sites for hydroxylation is 1. The first-order chi connectivity index (χ1) is 9.72. The normalized spacial score (nSPS) is 14.7. The molecule has 0 atom stereocenters. The zero-order valence-corrected chi connectivity index (χ0v) is 19.7. The van der Waals surface area contributed by atoms with Gasteiger partial charge in [0, 0.05) is 0 Å². The first kappa shape index (κ1) is 26.3. The van der Waals surface area contributed by atoms with Gasteiger partial charge in [-0.15, -0.1) is 41.5 Å². The van der Waals surface area contributed by atoms with Gasteiger partial charge < -0.3 is 24.8 Å². The number of hydrogen-bond acceptors (Lipinski definition) is 0. The molecule has 0 heterocycles. The summed E-state index contributed by atoms with van der Waals surface area (Å²) in [5.74, 6) is 0. The van der Waals surface area contributed by atoms with Crippen molar-refractivity contribution >= 4 is 22.4 Å². The fourth-order valence-electron chi connectivity index (χ4n) is 2.75. The second-order valence-electron chi connectivity index (χ2n) is 6.40. The van der Waals surface area contributed by atoms with Crippen molar-refractivity contribution in [1.82, 2.24) is 0 Å². The van der Waals surface area contributed by atoms with Crippen LogP contribution in [0.2, 0.25) is 5.02 Å². The Bertz CT molecular complexity index is 736. The Balaban J connectivity index is 0. The summed E-state index contributed by atoms with van der Waals surface area (Å²) in [6, 6.07) is 10.2. The van der Waals surface area contributed by atoms with Gasteiger partial charge >= 0.3 is 26.2 Å². The number of allylic oxidation sites excluding steroid dienone is 4. The summed E-state index contributed by atoms with van der Waals surface area (Å²) >= 11 is 5.97. The Morgan fingerprint density at radius 3 is 2.00 bits per heavy atom. The minimum Gasteiger partial charge on any atom is -1.00 e. The van der Waals surface area contributed by atoms with Crippen LogP contribution in [0, 0.1) is 18.4 Å². The standard InChI is InChI=1S/C10H8Cl.C10H15.2ClH.Zr/c1-7-5-8-3-2-4-10(11)9(8)6-7;1-7-6-10(4,5)9(3)8(7)2;;;/h2-6H,1H3;1-5H3;2*1H;/q2*-1;;;+4/p-2. The maximum Gasteiger partial charge on any atom is 4.00 e. The Labute approximate surface area is 183 Å². The molecule has 128 valence electrons. The number of fused-ring (bicyclic) bond motifs is 1. The van der Waals surface area contributed by atoms with Crippen molar-refractivity contribution in [1.29, 1.82) is 0 Å². The summed E-state index contributed by atoms with van der Waals surface area (Å²) in [7, 11) is 0. The van der Waals surface area contributed by atoms with Gasteiger partial charge in [-0.05, 0) is 5.02 Å². The van der Waals surface area contributed by atoms with Crippen LogP contribution in [0.1, 0.15) is 40.2 Å². The minimum absolute atomic E-state index is 0. The van der Waals surface area contributed by atoms with E-state index in [0.717, 1.165) is 10.4 Å². The van der Waals surface area contributed by atoms with E-state index >= 15 is 0 Å². The Kier molecular flexibility index (Phi) is 11.3. The maximum atomic E-state index is 5.97. The molecule has 0 aliphatic heterocycles. The van der Waals surface area contributed by atoms with Crippen molar-refractivity contribution in [3.63, 3.8) is 0 Å². The molecule has 1 aliphatic carbocycles. The average molecular weight is 461 g/mol. The third-order valence-electron chi connectivity index (χ3n) is 4.40. The molecule has 24 heavy (non-hydrogen) atoms. The van der Waals surface area contributed by atoms with Crippen molar-refractivity contribution in [2.45, 2.75) is 41.5 Å². The maximum absolute atomic E-state index is 5.97. The molecule has 0 spiro atoms. The molecule has 0 aromatic heterocycles. The molecular weight excluding hydrogens is 438 g/mol. The summed E-state index contributed by atoms with van der Waals surface area (Å²) in [5, 5.41) is 3.23. The summed E-state index contributed by atoms with van der Waals surface area (Å²) in [6.07, 6.45) is 3.44. The van der Waals surface area contributed by atoms with Gasteiger partial charge in [-0.25, -0.2) is 5.57 Å². The van der Waals surface area contributed by atoms with Crippen LogP contribution in [0.3, 0.4) is 0 Å². The predicted molar refractivity (Wildman–Crippen MR) is 93.9 cm³/mol. The van der Waals surface area contributed by atoms with E-state index < -0.39 is 0 Å². The van der Waals surface area contributed by atoms with Crippen LogP contribution < -0.4 is 24.8 Å². The van der Waals surface area contributed by atoms with E-state index in [9.17, 15) is 0 Å². The van der Waals surface area contributed by atoms with Gasteiger partial charge in [0.05, 0.1) is 0 Å². The molecule has 3 rings (SSSR count). The van der Waals surface area contributed by atoms with Crippen LogP contribution in [-0.2, 0) is 26.2 Å². The molecule has 0 bridgehead atoms. The minimum atomic E-state index is 0. The third kappa shape index (κ3) is 5.81. The number of benzene rings is 1. The second kappa shape index (κ2) is 10.3. The van der Waals surface area contributed by atoms with E-state index in [0.29, 0.717) is 0 Å². The fraction of sp³-hybridized carbons (Fsp3) is 0.350. The zero-order valence-electron chi connectivity index (χ0n) is 15.0. The van der Waals surface area contributed by atoms with E-state index in [2.05, 4.69) is 65.8 Å². The fourth-order valence-corrected chi connectivity index (χ4v) is 2.99. The molecule has 0 amide bonds. The molecule has 0 nitrogen and oxygen atoms in total. The van der Waals surface area contributed by atoms with E-state index in [-0.39, 0.29) is 56.4 Å². The van der Waals surface area contributed by atoms with Gasteiger partial charge in [0.25, 0.3) is 0 Å². The van der Waals surface area contributed by atoms with Crippen LogP contribution in [0.15, 0.2) is 47.1 Å². The molecule has 0 radical (unpaired) electrons. The van der Waals surface area contributed by atoms with E-state index in [1.807, 2.05) is 12.1 Å². The molecule has 0 fully saturated rings. The van der Waals surface area contributed by atoms with Gasteiger partial charge in [-0.1, -0.05) is 57.7 Å². The van der Waals surface area contributed by atoms with Gasteiger partial charge in [-0.3, -0.25) is 6.08 Å². The van der Waals surface area contributed by atoms with Crippen LogP contribution in [0.5, 0.6) is 0 Å². The summed E-state index contributed by atoms with van der Waals surface area (Å²) in [4.78, 5) is 0. The molecular formula is C20H23Cl3Zr. The number of hydrogen-bond donors (Lipinski definition) is 0. The quantitative estimate of drug-likeness (QED) is 0.506. The van der Waals surface area contributed by atoms with Gasteiger partial charge in [0.1, 0.15) is 0 Å². The topological polar surface area (TPSA) is 0 Å². The van der Waals surface area contributed by atoms with Gasteiger partial charge in [0.15, 0.2) is 0 Å². The first-order valence-electron chi connectivity index (χ1n) is 7.34. The van der Waals surface area contributed by atoms with E-state index in [1.54, 1.807) is 0 Å². The summed E-state index contributed by atoms with van der Waals surface area (Å²) < 4.78 is 0. The molecule has 0 saturated carbocycles. The smallest absolute Gasteiger partial charge is 1.00 e. The Morgan fingerprint density at radius 2 is 1.62 bits per heavy atom. The average Bonchev–Trinajstić information content (AvgIpc) is 2.86. The molecule has 2 aromatic rings. The van der Waals surface area contributed by atoms with Crippen LogP contribution >= 0.6 is 11.6 Å². The van der Waals surface area contributed by atoms with Crippen LogP contribution in [-0.4, -0.2) is 0 Å². The van der Waals surface area contributed by atoms with E-state index in [4.69, 9.17) is 11.6 Å². The van der Waals surface area contributed by atoms with Crippen molar-refractivity contribution in [3.8, 4) is 0 Å². The van der Waals surface area contributed by atoms with Gasteiger partial charge in [0.2, 0.25) is 0 Å². The third-order valence-corrected chi connectivity index (χ3v) is 4.73. The summed E-state index contributed by atoms with van der Waals surface area (Å²) in [6.45, 7) is 13.0. The molecule has 0 unspecified atom stereocenters. The molecule has 1 aliphatic rings. The van der Waals surface area contributed by atoms with Crippen LogP contribution in [0.25, 0.3) is 10.8 Å². The molecule has 0 saturated heterocycles. The SMILES string of the molecule is CC1=[C-]C(C)(C)C(C)=C1C.Cc1cc2c(Cl)cccc2[cH-]1.[Cl-].[Cl-].[Zr+4]. The summed E-state index contributed by atoms with van der Waals surface area (Å²) in [5.41, 5.74) is 5.67. The van der Waals surface area contributed by atoms with E-state index in [1.165, 1.54) is 27.7 Å². The molecule has 4 heteroatoms. The van der Waals surface area contributed by atoms with Gasteiger partial charge in [-0.2, -0.15) is 17.2 Å². The second-order valence-corrected chi connectivity index (χ2v) is 6.81. The Hall–Kier alpha value is 0.0631. The zero-order chi connectivity index (χ0) is 15.8. The first-order valence-corrected chi connectivity index (χ1v) is 7.72. The molecule has 2 aromatic carbocycles. The monoisotopic (exact) mass is 458 g/mol. The molecule has 0 N–H and O–H groups in total. The Morgan fingerprint density at radius 1 is 1.04 bits per heavy atom. The van der Waals surface area contributed by atoms with Crippen molar-refractivity contribution in [3.05, 3.63) is 63.7 Å². The largest absolute Gasteiger partial charge is 4.00 e. The van der Waals surface area contributed by atoms with Crippen LogP contribution in [0.4, 0.5) is 0 Å². The van der Waals surface area contributed by atoms with Crippen molar-refractivity contribution in [2.75, 3.05) is 0 Å². The number of halogens is 3. The van der Waals surface area contributed by atoms with Crippen molar-refractivity contribution < 1.29 is 51.0 Å². The van der Waals surface area contributed by atoms with Crippen molar-refractivity contribution in [2.24, 2.45) is 5.41 Å². The predicted octanol–water partition coefficient (Wildman–Crippen LogP) is 0.638.